The zero-order chi connectivity index (χ0) is 28.9. The summed E-state index contributed by atoms with van der Waals surface area (Å²) in [7, 11) is 3.06. The molecule has 4 aromatic rings. The van der Waals surface area contributed by atoms with E-state index < -0.39 is 5.41 Å². The van der Waals surface area contributed by atoms with Crippen LogP contribution in [0.15, 0.2) is 76.7 Å². The van der Waals surface area contributed by atoms with Crippen molar-refractivity contribution in [3.05, 3.63) is 88.2 Å². The maximum Gasteiger partial charge on any atom is 0.262 e. The van der Waals surface area contributed by atoms with Gasteiger partial charge in [0.2, 0.25) is 0 Å². The third-order valence-electron chi connectivity index (χ3n) is 6.46. The van der Waals surface area contributed by atoms with Crippen molar-refractivity contribution >= 4 is 40.0 Å². The van der Waals surface area contributed by atoms with Gasteiger partial charge in [-0.25, -0.2) is 4.98 Å². The van der Waals surface area contributed by atoms with Gasteiger partial charge < -0.3 is 14.8 Å². The van der Waals surface area contributed by atoms with Crippen molar-refractivity contribution in [2.45, 2.75) is 38.9 Å². The summed E-state index contributed by atoms with van der Waals surface area (Å²) in [6.07, 6.45) is 0.639. The smallest absolute Gasteiger partial charge is 0.262 e. The van der Waals surface area contributed by atoms with E-state index in [1.165, 1.54) is 18.9 Å². The van der Waals surface area contributed by atoms with Gasteiger partial charge >= 0.3 is 0 Å². The maximum absolute atomic E-state index is 13.6. The van der Waals surface area contributed by atoms with Gasteiger partial charge in [0.25, 0.3) is 11.5 Å². The molecule has 0 aliphatic heterocycles. The molecule has 0 atom stereocenters. The highest BCUT2D eigenvalue weighted by Gasteiger charge is 2.23. The van der Waals surface area contributed by atoms with E-state index in [-0.39, 0.29) is 23.0 Å². The lowest BCUT2D eigenvalue weighted by Gasteiger charge is -2.17. The molecular formula is C31H33N3O5S. The summed E-state index contributed by atoms with van der Waals surface area (Å²) in [5.74, 6) is 0.925. The Hall–Kier alpha value is -4.11. The van der Waals surface area contributed by atoms with Gasteiger partial charge in [-0.2, -0.15) is 0 Å². The number of aromatic nitrogens is 2. The number of carbonyl (C=O) groups excluding carboxylic acids is 2. The number of hydrogen-bond donors (Lipinski definition) is 1. The third-order valence-corrected chi connectivity index (χ3v) is 7.44. The Balaban J connectivity index is 1.67. The molecule has 0 unspecified atom stereocenters. The van der Waals surface area contributed by atoms with Gasteiger partial charge in [-0.1, -0.05) is 62.9 Å². The minimum absolute atomic E-state index is 0.0597. The predicted molar refractivity (Wildman–Crippen MR) is 159 cm³/mol. The number of nitrogens with one attached hydrogen (secondary N) is 1. The fourth-order valence-electron chi connectivity index (χ4n) is 4.00. The predicted octanol–water partition coefficient (Wildman–Crippen LogP) is 5.62. The van der Waals surface area contributed by atoms with Crippen LogP contribution in [-0.4, -0.2) is 41.2 Å². The second kappa shape index (κ2) is 12.4. The van der Waals surface area contributed by atoms with Crippen molar-refractivity contribution in [3.63, 3.8) is 0 Å². The van der Waals surface area contributed by atoms with E-state index in [1.807, 2.05) is 51.1 Å². The number of hydrogen-bond acceptors (Lipinski definition) is 7. The summed E-state index contributed by atoms with van der Waals surface area (Å²) < 4.78 is 12.2. The highest BCUT2D eigenvalue weighted by molar-refractivity contribution is 7.99. The van der Waals surface area contributed by atoms with Crippen molar-refractivity contribution in [3.8, 4) is 11.5 Å². The zero-order valence-electron chi connectivity index (χ0n) is 23.3. The Morgan fingerprint density at radius 3 is 2.35 bits per heavy atom. The number of carbonyl (C=O) groups is 2. The van der Waals surface area contributed by atoms with Gasteiger partial charge in [0.1, 0.15) is 5.78 Å². The molecule has 0 saturated heterocycles. The molecule has 0 aliphatic rings. The fourth-order valence-corrected chi connectivity index (χ4v) is 5.18. The van der Waals surface area contributed by atoms with E-state index in [1.54, 1.807) is 48.1 Å². The third kappa shape index (κ3) is 6.71. The van der Waals surface area contributed by atoms with Crippen LogP contribution >= 0.6 is 11.8 Å². The highest BCUT2D eigenvalue weighted by atomic mass is 32.2. The lowest BCUT2D eigenvalue weighted by atomic mass is 9.92. The van der Waals surface area contributed by atoms with Crippen molar-refractivity contribution in [1.29, 1.82) is 0 Å². The molecular weight excluding hydrogens is 526 g/mol. The van der Waals surface area contributed by atoms with E-state index in [0.29, 0.717) is 51.8 Å². The number of methoxy groups -OCH3 is 2. The summed E-state index contributed by atoms with van der Waals surface area (Å²) in [6, 6.07) is 19.8. The van der Waals surface area contributed by atoms with Crippen LogP contribution in [0, 0.1) is 5.41 Å². The first-order valence-corrected chi connectivity index (χ1v) is 13.9. The van der Waals surface area contributed by atoms with Crippen LogP contribution in [0.4, 0.5) is 5.69 Å². The molecule has 9 heteroatoms. The van der Waals surface area contributed by atoms with Crippen LogP contribution in [0.2, 0.25) is 0 Å². The Labute approximate surface area is 237 Å². The molecule has 1 amide bonds. The van der Waals surface area contributed by atoms with Crippen molar-refractivity contribution in [2.24, 2.45) is 5.41 Å². The van der Waals surface area contributed by atoms with Crippen LogP contribution < -0.4 is 20.3 Å². The van der Waals surface area contributed by atoms with Crippen molar-refractivity contribution in [1.82, 2.24) is 9.55 Å². The van der Waals surface area contributed by atoms with Gasteiger partial charge in [0.15, 0.2) is 16.7 Å². The Morgan fingerprint density at radius 2 is 1.68 bits per heavy atom. The first kappa shape index (κ1) is 28.9. The molecule has 208 valence electrons. The van der Waals surface area contributed by atoms with Gasteiger partial charge in [0.05, 0.1) is 30.9 Å². The SMILES string of the molecule is COc1ccc(NC(=O)c2ccc3c(=O)n(CCc4ccccc4)c(SCC(=O)C(C)(C)C)nc3c2)cc1OC. The maximum atomic E-state index is 13.6. The van der Waals surface area contributed by atoms with Crippen LogP contribution in [0.3, 0.4) is 0 Å². The Bertz CT molecular complexity index is 1590. The Morgan fingerprint density at radius 1 is 0.950 bits per heavy atom. The van der Waals surface area contributed by atoms with E-state index in [0.717, 1.165) is 5.56 Å². The minimum Gasteiger partial charge on any atom is -0.493 e. The second-order valence-electron chi connectivity index (χ2n) is 10.3. The molecule has 3 aromatic carbocycles. The molecule has 0 bridgehead atoms. The number of benzene rings is 3. The molecule has 0 fully saturated rings. The lowest BCUT2D eigenvalue weighted by Crippen LogP contribution is -2.26. The van der Waals surface area contributed by atoms with Gasteiger partial charge in [-0.15, -0.1) is 0 Å². The lowest BCUT2D eigenvalue weighted by molar-refractivity contribution is -0.123. The van der Waals surface area contributed by atoms with Crippen molar-refractivity contribution < 1.29 is 19.1 Å². The normalized spacial score (nSPS) is 11.3. The molecule has 8 nitrogen and oxygen atoms in total. The fraction of sp³-hybridized carbons (Fsp3) is 0.290. The van der Waals surface area contributed by atoms with Crippen molar-refractivity contribution in [2.75, 3.05) is 25.3 Å². The van der Waals surface area contributed by atoms with Gasteiger partial charge in [0, 0.05) is 29.3 Å². The van der Waals surface area contributed by atoms with Gasteiger partial charge in [-0.05, 0) is 42.3 Å². The molecule has 1 N–H and O–H groups in total. The zero-order valence-corrected chi connectivity index (χ0v) is 24.1. The van der Waals surface area contributed by atoms with Crippen LogP contribution in [-0.2, 0) is 17.8 Å². The topological polar surface area (TPSA) is 99.5 Å². The number of ketones is 1. The number of thioether (sulfide) groups is 1. The largest absolute Gasteiger partial charge is 0.493 e. The van der Waals surface area contributed by atoms with E-state index >= 15 is 0 Å². The summed E-state index contributed by atoms with van der Waals surface area (Å²) in [4.78, 5) is 44.1. The van der Waals surface area contributed by atoms with Gasteiger partial charge in [-0.3, -0.25) is 19.0 Å². The monoisotopic (exact) mass is 559 g/mol. The van der Waals surface area contributed by atoms with E-state index in [4.69, 9.17) is 14.5 Å². The average molecular weight is 560 g/mol. The molecule has 0 spiro atoms. The molecule has 0 radical (unpaired) electrons. The number of amides is 1. The second-order valence-corrected chi connectivity index (χ2v) is 11.2. The number of nitrogens with zero attached hydrogens (tertiary/aromatic N) is 2. The molecule has 1 aromatic heterocycles. The molecule has 1 heterocycles. The number of rotatable bonds is 10. The number of fused-ring (bicyclic) bond motifs is 1. The summed E-state index contributed by atoms with van der Waals surface area (Å²) >= 11 is 1.25. The number of Topliss-reactive ketones (excluding diaryl/α,β-unsaturated/α-hetero) is 1. The summed E-state index contributed by atoms with van der Waals surface area (Å²) in [5, 5.41) is 3.70. The quantitative estimate of drug-likeness (QED) is 0.199. The summed E-state index contributed by atoms with van der Waals surface area (Å²) in [6.45, 7) is 6.03. The summed E-state index contributed by atoms with van der Waals surface area (Å²) in [5.41, 5.74) is 1.65. The number of aryl methyl sites for hydroxylation is 1. The van der Waals surface area contributed by atoms with E-state index in [9.17, 15) is 14.4 Å². The van der Waals surface area contributed by atoms with Crippen LogP contribution in [0.25, 0.3) is 10.9 Å². The van der Waals surface area contributed by atoms with E-state index in [2.05, 4.69) is 5.32 Å². The Kier molecular flexibility index (Phi) is 8.94. The first-order chi connectivity index (χ1) is 19.1. The minimum atomic E-state index is -0.506. The number of anilines is 1. The standard InChI is InChI=1S/C31H33N3O5S/c1-31(2,3)27(35)19-40-30-33-24-17-21(28(36)32-22-12-14-25(38-4)26(18-22)39-5)11-13-23(24)29(37)34(30)16-15-20-9-7-6-8-10-20/h6-14,17-18H,15-16,19H2,1-5H3,(H,32,36). The molecule has 4 rings (SSSR count). The number of ether oxygens (including phenoxy) is 2. The van der Waals surface area contributed by atoms with Crippen LogP contribution in [0.1, 0.15) is 36.7 Å². The highest BCUT2D eigenvalue weighted by Crippen LogP contribution is 2.30. The molecule has 40 heavy (non-hydrogen) atoms. The average Bonchev–Trinajstić information content (AvgIpc) is 2.95. The van der Waals surface area contributed by atoms with Crippen LogP contribution in [0.5, 0.6) is 11.5 Å². The molecule has 0 saturated carbocycles. The molecule has 0 aliphatic carbocycles. The first-order valence-electron chi connectivity index (χ1n) is 12.9.